The molecule has 4 nitrogen and oxygen atoms in total. The highest BCUT2D eigenvalue weighted by molar-refractivity contribution is 5.87. The van der Waals surface area contributed by atoms with Crippen molar-refractivity contribution in [2.24, 2.45) is 4.99 Å². The van der Waals surface area contributed by atoms with E-state index >= 15 is 0 Å². The van der Waals surface area contributed by atoms with Crippen molar-refractivity contribution < 1.29 is 5.11 Å². The van der Waals surface area contributed by atoms with Crippen molar-refractivity contribution in [3.05, 3.63) is 60.3 Å². The third kappa shape index (κ3) is 1.32. The molecule has 19 heavy (non-hydrogen) atoms. The molecule has 0 saturated carbocycles. The van der Waals surface area contributed by atoms with E-state index < -0.39 is 5.72 Å². The molecule has 2 heterocycles. The number of hydrogen-bond donors (Lipinski definition) is 1. The zero-order chi connectivity index (χ0) is 12.9. The fourth-order valence-electron chi connectivity index (χ4n) is 2.54. The van der Waals surface area contributed by atoms with Crippen LogP contribution in [0.4, 0.5) is 5.69 Å². The van der Waals surface area contributed by atoms with Gasteiger partial charge >= 0.3 is 0 Å². The first-order chi connectivity index (χ1) is 9.29. The number of benzene rings is 2. The van der Waals surface area contributed by atoms with Gasteiger partial charge in [0, 0.05) is 10.9 Å². The maximum absolute atomic E-state index is 11.0. The second kappa shape index (κ2) is 3.52. The summed E-state index contributed by atoms with van der Waals surface area (Å²) in [5.41, 5.74) is 1.11. The number of nitrogens with zero attached hydrogens (tertiary/aromatic N) is 3. The van der Waals surface area contributed by atoms with Gasteiger partial charge in [-0.2, -0.15) is 5.10 Å². The average molecular weight is 249 g/mol. The van der Waals surface area contributed by atoms with E-state index in [2.05, 4.69) is 10.1 Å². The highest BCUT2D eigenvalue weighted by Gasteiger charge is 2.37. The van der Waals surface area contributed by atoms with Gasteiger partial charge in [-0.3, -0.25) is 4.99 Å². The summed E-state index contributed by atoms with van der Waals surface area (Å²) in [6, 6.07) is 15.4. The molecule has 3 aromatic rings. The van der Waals surface area contributed by atoms with Gasteiger partial charge in [0.2, 0.25) is 5.72 Å². The van der Waals surface area contributed by atoms with E-state index in [1.165, 1.54) is 6.21 Å². The van der Waals surface area contributed by atoms with Crippen LogP contribution in [0.2, 0.25) is 0 Å². The maximum Gasteiger partial charge on any atom is 0.223 e. The lowest BCUT2D eigenvalue weighted by molar-refractivity contribution is 0.0793. The molecule has 92 valence electrons. The SMILES string of the molecule is OC1(n2ncc3ccccc32)C=Nc2ccccc21. The highest BCUT2D eigenvalue weighted by atomic mass is 16.3. The second-order valence-electron chi connectivity index (χ2n) is 4.62. The van der Waals surface area contributed by atoms with Crippen molar-refractivity contribution in [2.45, 2.75) is 5.72 Å². The Bertz CT molecular complexity index is 806. The topological polar surface area (TPSA) is 50.4 Å². The first-order valence-corrected chi connectivity index (χ1v) is 6.09. The third-order valence-electron chi connectivity index (χ3n) is 3.48. The van der Waals surface area contributed by atoms with Gasteiger partial charge in [-0.05, 0) is 12.1 Å². The largest absolute Gasteiger partial charge is 0.361 e. The summed E-state index contributed by atoms with van der Waals surface area (Å²) in [7, 11) is 0. The van der Waals surface area contributed by atoms with Gasteiger partial charge in [0.25, 0.3) is 0 Å². The summed E-state index contributed by atoms with van der Waals surface area (Å²) >= 11 is 0. The fourth-order valence-corrected chi connectivity index (χ4v) is 2.54. The lowest BCUT2D eigenvalue weighted by Crippen LogP contribution is -2.35. The van der Waals surface area contributed by atoms with E-state index in [0.717, 1.165) is 22.2 Å². The minimum atomic E-state index is -1.31. The van der Waals surface area contributed by atoms with Crippen molar-refractivity contribution >= 4 is 22.8 Å². The number of rotatable bonds is 1. The monoisotopic (exact) mass is 249 g/mol. The van der Waals surface area contributed by atoms with Crippen LogP contribution >= 0.6 is 0 Å². The Labute approximate surface area is 109 Å². The Morgan fingerprint density at radius 1 is 1.00 bits per heavy atom. The Balaban J connectivity index is 2.01. The van der Waals surface area contributed by atoms with E-state index in [1.54, 1.807) is 10.9 Å². The first-order valence-electron chi connectivity index (χ1n) is 6.09. The molecule has 0 bridgehead atoms. The Hall–Kier alpha value is -2.46. The highest BCUT2D eigenvalue weighted by Crippen LogP contribution is 2.37. The summed E-state index contributed by atoms with van der Waals surface area (Å²) in [5.74, 6) is 0. The standard InChI is InChI=1S/C15H11N3O/c19-15(10-16-13-7-3-2-6-12(13)15)18-14-8-4-1-5-11(14)9-17-18/h1-10,19H. The van der Waals surface area contributed by atoms with Crippen LogP contribution in [0, 0.1) is 0 Å². The molecular formula is C15H11N3O. The van der Waals surface area contributed by atoms with Gasteiger partial charge in [-0.25, -0.2) is 4.68 Å². The van der Waals surface area contributed by atoms with E-state index in [-0.39, 0.29) is 0 Å². The molecule has 0 spiro atoms. The zero-order valence-corrected chi connectivity index (χ0v) is 10.1. The van der Waals surface area contributed by atoms with E-state index in [0.29, 0.717) is 0 Å². The van der Waals surface area contributed by atoms with Crippen molar-refractivity contribution in [3.8, 4) is 0 Å². The quantitative estimate of drug-likeness (QED) is 0.720. The molecule has 0 aliphatic carbocycles. The van der Waals surface area contributed by atoms with E-state index in [9.17, 15) is 5.11 Å². The van der Waals surface area contributed by atoms with E-state index in [4.69, 9.17) is 0 Å². The number of fused-ring (bicyclic) bond motifs is 2. The number of para-hydroxylation sites is 2. The van der Waals surface area contributed by atoms with Crippen LogP contribution in [0.1, 0.15) is 5.56 Å². The number of hydrogen-bond acceptors (Lipinski definition) is 3. The van der Waals surface area contributed by atoms with Crippen LogP contribution in [-0.2, 0) is 5.72 Å². The summed E-state index contributed by atoms with van der Waals surface area (Å²) in [6.07, 6.45) is 3.29. The Morgan fingerprint density at radius 2 is 1.79 bits per heavy atom. The molecule has 1 N–H and O–H groups in total. The lowest BCUT2D eigenvalue weighted by Gasteiger charge is -2.22. The van der Waals surface area contributed by atoms with Gasteiger partial charge in [-0.15, -0.1) is 0 Å². The van der Waals surface area contributed by atoms with Gasteiger partial charge in [0.1, 0.15) is 0 Å². The predicted molar refractivity (Wildman–Crippen MR) is 73.6 cm³/mol. The minimum absolute atomic E-state index is 0.754. The zero-order valence-electron chi connectivity index (χ0n) is 10.1. The molecular weight excluding hydrogens is 238 g/mol. The molecule has 0 fully saturated rings. The lowest BCUT2D eigenvalue weighted by atomic mass is 10.0. The van der Waals surface area contributed by atoms with Crippen molar-refractivity contribution in [2.75, 3.05) is 0 Å². The molecule has 1 atom stereocenters. The van der Waals surface area contributed by atoms with Crippen LogP contribution < -0.4 is 0 Å². The van der Waals surface area contributed by atoms with Crippen LogP contribution in [-0.4, -0.2) is 21.1 Å². The summed E-state index contributed by atoms with van der Waals surface area (Å²) in [6.45, 7) is 0. The number of aliphatic hydroxyl groups is 1. The summed E-state index contributed by atoms with van der Waals surface area (Å²) in [5, 5.41) is 16.3. The molecule has 4 rings (SSSR count). The Morgan fingerprint density at radius 3 is 2.74 bits per heavy atom. The smallest absolute Gasteiger partial charge is 0.223 e. The third-order valence-corrected chi connectivity index (χ3v) is 3.48. The molecule has 0 saturated heterocycles. The normalized spacial score (nSPS) is 20.9. The molecule has 4 heteroatoms. The minimum Gasteiger partial charge on any atom is -0.361 e. The number of aliphatic imine (C=N–C) groups is 1. The molecule has 1 unspecified atom stereocenters. The van der Waals surface area contributed by atoms with Crippen LogP contribution in [0.25, 0.3) is 10.9 Å². The summed E-state index contributed by atoms with van der Waals surface area (Å²) < 4.78 is 1.61. The van der Waals surface area contributed by atoms with E-state index in [1.807, 2.05) is 48.5 Å². The van der Waals surface area contributed by atoms with Crippen LogP contribution in [0.5, 0.6) is 0 Å². The second-order valence-corrected chi connectivity index (χ2v) is 4.62. The van der Waals surface area contributed by atoms with Crippen molar-refractivity contribution in [1.29, 1.82) is 0 Å². The summed E-state index contributed by atoms with van der Waals surface area (Å²) in [4.78, 5) is 4.28. The molecule has 0 amide bonds. The molecule has 2 aromatic carbocycles. The first kappa shape index (κ1) is 10.5. The van der Waals surface area contributed by atoms with Gasteiger partial charge in [-0.1, -0.05) is 36.4 Å². The fraction of sp³-hybridized carbons (Fsp3) is 0.0667. The predicted octanol–water partition coefficient (Wildman–Crippen LogP) is 2.45. The van der Waals surface area contributed by atoms with Gasteiger partial charge in [0.15, 0.2) is 0 Å². The van der Waals surface area contributed by atoms with Gasteiger partial charge < -0.3 is 5.11 Å². The molecule has 0 radical (unpaired) electrons. The molecule has 1 aliphatic heterocycles. The number of aromatic nitrogens is 2. The average Bonchev–Trinajstić information content (AvgIpc) is 3.02. The van der Waals surface area contributed by atoms with Crippen LogP contribution in [0.15, 0.2) is 59.7 Å². The van der Waals surface area contributed by atoms with Crippen molar-refractivity contribution in [1.82, 2.24) is 9.78 Å². The Kier molecular flexibility index (Phi) is 1.94. The maximum atomic E-state index is 11.0. The molecule has 1 aromatic heterocycles. The molecule has 1 aliphatic rings. The van der Waals surface area contributed by atoms with Crippen molar-refractivity contribution in [3.63, 3.8) is 0 Å². The van der Waals surface area contributed by atoms with Gasteiger partial charge in [0.05, 0.1) is 23.6 Å². The van der Waals surface area contributed by atoms with Crippen LogP contribution in [0.3, 0.4) is 0 Å².